The number of aryl methyl sites for hydroxylation is 1. The number of anilines is 1. The summed E-state index contributed by atoms with van der Waals surface area (Å²) >= 11 is 0. The molecule has 3 aromatic rings. The van der Waals surface area contributed by atoms with Gasteiger partial charge < -0.3 is 29.2 Å². The molecule has 0 saturated heterocycles. The van der Waals surface area contributed by atoms with Gasteiger partial charge >= 0.3 is 0 Å². The van der Waals surface area contributed by atoms with Gasteiger partial charge in [-0.2, -0.15) is 18.5 Å². The van der Waals surface area contributed by atoms with Crippen molar-refractivity contribution < 1.29 is 23.8 Å². The van der Waals surface area contributed by atoms with E-state index in [0.29, 0.717) is 49.5 Å². The smallest absolute Gasteiger partial charge is 0.215 e. The normalized spacial score (nSPS) is 15.7. The highest BCUT2D eigenvalue weighted by molar-refractivity contribution is 7.59. The number of ether oxygens (including phenoxy) is 2. The van der Waals surface area contributed by atoms with Crippen molar-refractivity contribution in [3.8, 4) is 11.6 Å². The summed E-state index contributed by atoms with van der Waals surface area (Å²) in [4.78, 5) is 26.2. The first-order valence-electron chi connectivity index (χ1n) is 15.4. The van der Waals surface area contributed by atoms with E-state index in [1.807, 2.05) is 38.1 Å². The van der Waals surface area contributed by atoms with Crippen LogP contribution in [0.2, 0.25) is 0 Å². The van der Waals surface area contributed by atoms with Gasteiger partial charge in [0.2, 0.25) is 5.88 Å². The number of Topliss-reactive ketones (excluding diaryl/α,β-unsaturated/α-hetero) is 1. The predicted octanol–water partition coefficient (Wildman–Crippen LogP) is 4.67. The van der Waals surface area contributed by atoms with Gasteiger partial charge in [-0.25, -0.2) is 4.98 Å². The Bertz CT molecular complexity index is 1390. The number of aromatic nitrogens is 2. The molecule has 0 amide bonds. The van der Waals surface area contributed by atoms with Gasteiger partial charge in [0.05, 0.1) is 11.8 Å². The lowest BCUT2D eigenvalue weighted by molar-refractivity contribution is 0.0836. The van der Waals surface area contributed by atoms with Crippen LogP contribution in [-0.4, -0.2) is 83.1 Å². The summed E-state index contributed by atoms with van der Waals surface area (Å²) in [5.41, 5.74) is 5.12. The molecule has 2 aromatic heterocycles. The molecule has 0 bridgehead atoms. The van der Waals surface area contributed by atoms with Gasteiger partial charge in [-0.05, 0) is 88.9 Å². The van der Waals surface area contributed by atoms with Crippen LogP contribution in [0.4, 0.5) is 5.82 Å². The average molecular weight is 626 g/mol. The number of nitrogens with zero attached hydrogens (tertiary/aromatic N) is 4. The van der Waals surface area contributed by atoms with Crippen LogP contribution in [0.3, 0.4) is 0 Å². The van der Waals surface area contributed by atoms with Crippen LogP contribution < -0.4 is 14.8 Å². The molecule has 0 unspecified atom stereocenters. The van der Waals surface area contributed by atoms with Crippen LogP contribution in [0.5, 0.6) is 11.6 Å². The average Bonchev–Trinajstić information content (AvgIpc) is 3.37. The van der Waals surface area contributed by atoms with E-state index in [1.54, 1.807) is 6.07 Å². The van der Waals surface area contributed by atoms with Gasteiger partial charge in [-0.3, -0.25) is 9.69 Å². The van der Waals surface area contributed by atoms with Crippen molar-refractivity contribution in [2.24, 2.45) is 0 Å². The summed E-state index contributed by atoms with van der Waals surface area (Å²) in [6, 6.07) is 8.07. The molecular formula is C33H47N5O5S. The third kappa shape index (κ3) is 8.97. The van der Waals surface area contributed by atoms with Crippen LogP contribution >= 0.6 is 13.5 Å². The van der Waals surface area contributed by atoms with Crippen LogP contribution in [0.25, 0.3) is 0 Å². The predicted molar refractivity (Wildman–Crippen MR) is 175 cm³/mol. The number of likely N-dealkylation sites (N-methyl/N-ethyl adjacent to an activating group) is 1. The second-order valence-electron chi connectivity index (χ2n) is 12.1. The maximum absolute atomic E-state index is 13.2. The molecule has 1 aliphatic heterocycles. The summed E-state index contributed by atoms with van der Waals surface area (Å²) in [5.74, 6) is 2.72. The molecule has 11 heteroatoms. The molecule has 240 valence electrons. The number of rotatable bonds is 15. The van der Waals surface area contributed by atoms with Crippen LogP contribution in [0.1, 0.15) is 70.6 Å². The quantitative estimate of drug-likeness (QED) is 0.231. The maximum Gasteiger partial charge on any atom is 0.215 e. The minimum Gasteiger partial charge on any atom is -0.485 e. The van der Waals surface area contributed by atoms with E-state index < -0.39 is 6.10 Å². The lowest BCUT2D eigenvalue weighted by Crippen LogP contribution is -2.37. The zero-order chi connectivity index (χ0) is 30.3. The van der Waals surface area contributed by atoms with Gasteiger partial charge in [-0.15, -0.1) is 0 Å². The number of aliphatic hydroxyl groups excluding tert-OH is 1. The van der Waals surface area contributed by atoms with Gasteiger partial charge in [0.15, 0.2) is 17.9 Å². The molecule has 3 heterocycles. The van der Waals surface area contributed by atoms with Crippen molar-refractivity contribution in [3.63, 3.8) is 0 Å². The highest BCUT2D eigenvalue weighted by Crippen LogP contribution is 2.30. The molecule has 5 rings (SSSR count). The monoisotopic (exact) mass is 625 g/mol. The second-order valence-corrected chi connectivity index (χ2v) is 12.1. The number of carbonyl (C=O) groups excluding carboxylic acids is 1. The number of ketones is 1. The molecule has 2 N–H and O–H groups in total. The zero-order valence-electron chi connectivity index (χ0n) is 26.4. The molecule has 1 atom stereocenters. The summed E-state index contributed by atoms with van der Waals surface area (Å²) in [5, 5.41) is 14.3. The fourth-order valence-corrected chi connectivity index (χ4v) is 5.54. The first kappa shape index (κ1) is 33.8. The van der Waals surface area contributed by atoms with E-state index in [0.717, 1.165) is 61.7 Å². The Kier molecular flexibility index (Phi) is 12.1. The summed E-state index contributed by atoms with van der Waals surface area (Å²) in [6.07, 6.45) is 5.83. The Labute approximate surface area is 267 Å². The number of fused-ring (bicyclic) bond motifs is 1. The van der Waals surface area contributed by atoms with E-state index in [2.05, 4.69) is 33.2 Å². The topological polar surface area (TPSA) is 113 Å². The summed E-state index contributed by atoms with van der Waals surface area (Å²) in [7, 11) is 3.98. The van der Waals surface area contributed by atoms with Gasteiger partial charge in [0.1, 0.15) is 24.8 Å². The highest BCUT2D eigenvalue weighted by atomic mass is 32.1. The SMILES string of the molecule is Cc1ncoc1COc1ccc2c(c1C)CCN(C[C@@H](O)CCC(=O)c1cc(NC3CCC3)nc(OCCN(C)C)c1)C2.S. The van der Waals surface area contributed by atoms with Crippen molar-refractivity contribution in [3.05, 3.63) is 64.4 Å². The number of benzene rings is 1. The molecule has 10 nitrogen and oxygen atoms in total. The molecule has 1 saturated carbocycles. The number of hydrogen-bond donors (Lipinski definition) is 2. The lowest BCUT2D eigenvalue weighted by atomic mass is 9.93. The Hall–Kier alpha value is -3.12. The van der Waals surface area contributed by atoms with Crippen molar-refractivity contribution in [2.45, 2.75) is 77.7 Å². The molecule has 2 aliphatic rings. The lowest BCUT2D eigenvalue weighted by Gasteiger charge is -2.31. The van der Waals surface area contributed by atoms with E-state index in [9.17, 15) is 9.90 Å². The van der Waals surface area contributed by atoms with E-state index in [4.69, 9.17) is 13.9 Å². The van der Waals surface area contributed by atoms with Gasteiger partial charge in [0.25, 0.3) is 0 Å². The molecule has 1 aliphatic carbocycles. The molecule has 0 radical (unpaired) electrons. The van der Waals surface area contributed by atoms with E-state index >= 15 is 0 Å². The van der Waals surface area contributed by atoms with Crippen LogP contribution in [0, 0.1) is 13.8 Å². The van der Waals surface area contributed by atoms with Crippen molar-refractivity contribution in [1.82, 2.24) is 19.8 Å². The third-order valence-corrected chi connectivity index (χ3v) is 8.46. The number of oxazole rings is 1. The standard InChI is InChI=1S/C33H45N5O5.H2S/c1-22-28-12-13-38(18-24(28)8-11-30(22)42-20-31-23(2)34-21-43-31)19-27(39)9-10-29(40)25-16-32(35-26-6-5-7-26)36-33(17-25)41-15-14-37(3)4;/h8,11,16-17,21,26-27,39H,5-7,9-10,12-15,18-20H2,1-4H3,(H,35,36);1H2/t27-;/m0./s1. The Morgan fingerprint density at radius 2 is 2.05 bits per heavy atom. The fraction of sp³-hybridized carbons (Fsp3) is 0.545. The van der Waals surface area contributed by atoms with Crippen LogP contribution in [-0.2, 0) is 19.6 Å². The van der Waals surface area contributed by atoms with E-state index in [1.165, 1.54) is 23.9 Å². The number of nitrogens with one attached hydrogen (secondary N) is 1. The number of hydrogen-bond acceptors (Lipinski definition) is 10. The van der Waals surface area contributed by atoms with Crippen LogP contribution in [0.15, 0.2) is 35.1 Å². The first-order chi connectivity index (χ1) is 20.7. The van der Waals surface area contributed by atoms with Crippen molar-refractivity contribution in [2.75, 3.05) is 45.7 Å². The second kappa shape index (κ2) is 15.7. The minimum atomic E-state index is -0.593. The number of aliphatic hydroxyl groups is 1. The number of pyridine rings is 1. The molecule has 1 fully saturated rings. The summed E-state index contributed by atoms with van der Waals surface area (Å²) < 4.78 is 17.3. The largest absolute Gasteiger partial charge is 0.485 e. The molecule has 1 aromatic carbocycles. The molecule has 44 heavy (non-hydrogen) atoms. The summed E-state index contributed by atoms with van der Waals surface area (Å²) in [6.45, 7) is 7.75. The van der Waals surface area contributed by atoms with Gasteiger partial charge in [-0.1, -0.05) is 6.07 Å². The number of β-amino-alcohol motifs (C(OH)–C–C–N with tert-alkyl or cyclic N) is 1. The third-order valence-electron chi connectivity index (χ3n) is 8.46. The Morgan fingerprint density at radius 3 is 2.75 bits per heavy atom. The molecular weight excluding hydrogens is 578 g/mol. The Balaban J connectivity index is 0.00000442. The van der Waals surface area contributed by atoms with Crippen molar-refractivity contribution in [1.29, 1.82) is 0 Å². The first-order valence-corrected chi connectivity index (χ1v) is 15.4. The molecule has 0 spiro atoms. The Morgan fingerprint density at radius 1 is 1.23 bits per heavy atom. The fourth-order valence-electron chi connectivity index (χ4n) is 5.54. The van der Waals surface area contributed by atoms with Gasteiger partial charge in [0, 0.05) is 50.3 Å². The minimum absolute atomic E-state index is 0. The maximum atomic E-state index is 13.2. The van der Waals surface area contributed by atoms with E-state index in [-0.39, 0.29) is 25.7 Å². The zero-order valence-corrected chi connectivity index (χ0v) is 27.4. The number of carbonyl (C=O) groups is 1. The van der Waals surface area contributed by atoms with Crippen molar-refractivity contribution >= 4 is 25.1 Å². The highest BCUT2D eigenvalue weighted by Gasteiger charge is 2.23.